The highest BCUT2D eigenvalue weighted by Crippen LogP contribution is 2.27. The van der Waals surface area contributed by atoms with Gasteiger partial charge in [-0.1, -0.05) is 12.1 Å². The molecule has 0 radical (unpaired) electrons. The maximum atomic E-state index is 12.5. The number of aromatic amines is 1. The van der Waals surface area contributed by atoms with Crippen LogP contribution in [-0.2, 0) is 19.1 Å². The van der Waals surface area contributed by atoms with Crippen LogP contribution in [-0.4, -0.2) is 47.3 Å². The fraction of sp³-hybridized carbons (Fsp3) is 0.429. The predicted octanol–water partition coefficient (Wildman–Crippen LogP) is 2.36. The molecule has 5 rings (SSSR count). The van der Waals surface area contributed by atoms with E-state index in [4.69, 9.17) is 9.97 Å². The van der Waals surface area contributed by atoms with Crippen LogP contribution in [0.2, 0.25) is 0 Å². The first-order chi connectivity index (χ1) is 13.8. The van der Waals surface area contributed by atoms with Gasteiger partial charge >= 0.3 is 0 Å². The zero-order valence-corrected chi connectivity index (χ0v) is 17.2. The topological polar surface area (TPSA) is 84.6 Å². The van der Waals surface area contributed by atoms with E-state index in [1.54, 1.807) is 6.20 Å². The summed E-state index contributed by atoms with van der Waals surface area (Å²) in [6, 6.07) is 8.18. The first kappa shape index (κ1) is 18.1. The number of aryl methyl sites for hydroxylation is 1. The van der Waals surface area contributed by atoms with Gasteiger partial charge in [0.15, 0.2) is 5.65 Å². The summed E-state index contributed by atoms with van der Waals surface area (Å²) in [5.74, 6) is 2.01. The average Bonchev–Trinajstić information content (AvgIpc) is 3.20. The second-order valence-electron chi connectivity index (χ2n) is 8.88. The quantitative estimate of drug-likeness (QED) is 0.580. The van der Waals surface area contributed by atoms with Crippen LogP contribution in [0.3, 0.4) is 0 Å². The Morgan fingerprint density at radius 3 is 2.66 bits per heavy atom. The predicted molar refractivity (Wildman–Crippen MR) is 112 cm³/mol. The summed E-state index contributed by atoms with van der Waals surface area (Å²) in [4.78, 5) is 27.4. The highest BCUT2D eigenvalue weighted by atomic mass is 16.1. The molecule has 0 amide bonds. The summed E-state index contributed by atoms with van der Waals surface area (Å²) < 4.78 is 3.98. The zero-order chi connectivity index (χ0) is 20.3. The molecule has 1 aliphatic heterocycles. The minimum Gasteiger partial charge on any atom is -0.330 e. The first-order valence-corrected chi connectivity index (χ1v) is 9.92. The summed E-state index contributed by atoms with van der Waals surface area (Å²) in [6.45, 7) is 8.66. The minimum absolute atomic E-state index is 0.116. The second-order valence-corrected chi connectivity index (χ2v) is 8.88. The number of fused-ring (bicyclic) bond motifs is 2. The smallest absolute Gasteiger partial charge is 0.262 e. The van der Waals surface area contributed by atoms with Crippen molar-refractivity contribution in [2.75, 3.05) is 13.1 Å². The Bertz CT molecular complexity index is 1270. The molecule has 0 unspecified atom stereocenters. The molecule has 4 heterocycles. The van der Waals surface area contributed by atoms with Gasteiger partial charge in [-0.15, -0.1) is 0 Å². The van der Waals surface area contributed by atoms with Gasteiger partial charge in [0.25, 0.3) is 5.56 Å². The van der Waals surface area contributed by atoms with Crippen LogP contribution in [0.4, 0.5) is 0 Å². The van der Waals surface area contributed by atoms with Gasteiger partial charge in [-0.3, -0.25) is 9.69 Å². The third kappa shape index (κ3) is 2.95. The maximum absolute atomic E-state index is 12.5. The van der Waals surface area contributed by atoms with Gasteiger partial charge in [0, 0.05) is 26.1 Å². The van der Waals surface area contributed by atoms with Crippen LogP contribution < -0.4 is 5.56 Å². The van der Waals surface area contributed by atoms with Gasteiger partial charge in [0.1, 0.15) is 17.0 Å². The number of imidazole rings is 1. The van der Waals surface area contributed by atoms with Crippen LogP contribution >= 0.6 is 0 Å². The molecule has 0 spiro atoms. The Morgan fingerprint density at radius 2 is 1.93 bits per heavy atom. The van der Waals surface area contributed by atoms with Crippen LogP contribution in [0.1, 0.15) is 38.3 Å². The van der Waals surface area contributed by atoms with E-state index in [0.29, 0.717) is 11.0 Å². The normalized spacial score (nSPS) is 16.0. The average molecular weight is 391 g/mol. The largest absolute Gasteiger partial charge is 0.330 e. The molecule has 1 aromatic carbocycles. The molecule has 1 fully saturated rings. The van der Waals surface area contributed by atoms with Crippen molar-refractivity contribution in [3.05, 3.63) is 52.5 Å². The highest BCUT2D eigenvalue weighted by molar-refractivity contribution is 5.75. The van der Waals surface area contributed by atoms with Gasteiger partial charge in [0.05, 0.1) is 29.3 Å². The van der Waals surface area contributed by atoms with Crippen molar-refractivity contribution in [1.29, 1.82) is 0 Å². The number of para-hydroxylation sites is 2. The van der Waals surface area contributed by atoms with E-state index < -0.39 is 0 Å². The Balaban J connectivity index is 1.37. The van der Waals surface area contributed by atoms with Crippen molar-refractivity contribution >= 4 is 22.1 Å². The summed E-state index contributed by atoms with van der Waals surface area (Å²) >= 11 is 0. The number of rotatable bonds is 3. The number of likely N-dealkylation sites (tertiary alicyclic amines) is 1. The lowest BCUT2D eigenvalue weighted by Crippen LogP contribution is -2.45. The Kier molecular flexibility index (Phi) is 3.89. The SMILES string of the molecule is Cn1c(CN2CC(c3nc4c(cnn4C(C)(C)C)c(=O)[nH]3)C2)nc2ccccc21. The van der Waals surface area contributed by atoms with Crippen LogP contribution in [0, 0.1) is 0 Å². The third-order valence-corrected chi connectivity index (χ3v) is 5.68. The van der Waals surface area contributed by atoms with Crippen molar-refractivity contribution in [2.45, 2.75) is 38.8 Å². The number of hydrogen-bond acceptors (Lipinski definition) is 5. The second kappa shape index (κ2) is 6.25. The first-order valence-electron chi connectivity index (χ1n) is 9.92. The number of nitrogens with zero attached hydrogens (tertiary/aromatic N) is 6. The minimum atomic E-state index is -0.230. The van der Waals surface area contributed by atoms with Crippen molar-refractivity contribution in [2.24, 2.45) is 7.05 Å². The molecular formula is C21H25N7O. The van der Waals surface area contributed by atoms with E-state index in [1.807, 2.05) is 22.9 Å². The van der Waals surface area contributed by atoms with E-state index >= 15 is 0 Å². The van der Waals surface area contributed by atoms with E-state index in [-0.39, 0.29) is 17.0 Å². The van der Waals surface area contributed by atoms with Crippen molar-refractivity contribution < 1.29 is 0 Å². The lowest BCUT2D eigenvalue weighted by molar-refractivity contribution is 0.130. The molecule has 29 heavy (non-hydrogen) atoms. The molecule has 0 bridgehead atoms. The molecule has 0 atom stereocenters. The molecule has 8 heteroatoms. The number of hydrogen-bond donors (Lipinski definition) is 1. The molecule has 0 saturated carbocycles. The summed E-state index contributed by atoms with van der Waals surface area (Å²) in [5, 5.41) is 4.93. The molecule has 0 aliphatic carbocycles. The van der Waals surface area contributed by atoms with Crippen molar-refractivity contribution in [3.8, 4) is 0 Å². The third-order valence-electron chi connectivity index (χ3n) is 5.68. The standard InChI is InChI=1S/C21H25N7O/c1-21(2,3)28-19-14(9-22-28)20(29)25-18(24-19)13-10-27(11-13)12-17-23-15-7-5-6-8-16(15)26(17)4/h5-9,13H,10-12H2,1-4H3,(H,24,25,29). The molecule has 8 nitrogen and oxygen atoms in total. The molecule has 1 aliphatic rings. The van der Waals surface area contributed by atoms with Gasteiger partial charge in [-0.25, -0.2) is 14.6 Å². The zero-order valence-electron chi connectivity index (χ0n) is 17.2. The molecule has 1 saturated heterocycles. The van der Waals surface area contributed by atoms with Crippen molar-refractivity contribution in [3.63, 3.8) is 0 Å². The van der Waals surface area contributed by atoms with Gasteiger partial charge < -0.3 is 9.55 Å². The summed E-state index contributed by atoms with van der Waals surface area (Å²) in [6.07, 6.45) is 1.61. The summed E-state index contributed by atoms with van der Waals surface area (Å²) in [5.41, 5.74) is 2.48. The van der Waals surface area contributed by atoms with Gasteiger partial charge in [-0.2, -0.15) is 5.10 Å². The Morgan fingerprint density at radius 1 is 1.17 bits per heavy atom. The maximum Gasteiger partial charge on any atom is 0.262 e. The fourth-order valence-electron chi connectivity index (χ4n) is 4.03. The fourth-order valence-corrected chi connectivity index (χ4v) is 4.03. The number of H-pyrrole nitrogens is 1. The molecular weight excluding hydrogens is 366 g/mol. The van der Waals surface area contributed by atoms with Crippen LogP contribution in [0.15, 0.2) is 35.3 Å². The number of benzene rings is 1. The summed E-state index contributed by atoms with van der Waals surface area (Å²) in [7, 11) is 2.06. The van der Waals surface area contributed by atoms with E-state index in [0.717, 1.165) is 42.3 Å². The molecule has 1 N–H and O–H groups in total. The van der Waals surface area contributed by atoms with Gasteiger partial charge in [0.2, 0.25) is 0 Å². The monoisotopic (exact) mass is 391 g/mol. The lowest BCUT2D eigenvalue weighted by Gasteiger charge is -2.38. The number of aromatic nitrogens is 6. The number of nitrogens with one attached hydrogen (secondary N) is 1. The van der Waals surface area contributed by atoms with Crippen molar-refractivity contribution in [1.82, 2.24) is 34.2 Å². The van der Waals surface area contributed by atoms with Crippen LogP contribution in [0.25, 0.3) is 22.1 Å². The molecule has 150 valence electrons. The molecule has 3 aromatic heterocycles. The Labute approximate surface area is 168 Å². The van der Waals surface area contributed by atoms with E-state index in [2.05, 4.69) is 53.4 Å². The van der Waals surface area contributed by atoms with Gasteiger partial charge in [-0.05, 0) is 32.9 Å². The molecule has 4 aromatic rings. The Hall–Kier alpha value is -3.00. The van der Waals surface area contributed by atoms with E-state index in [9.17, 15) is 4.79 Å². The van der Waals surface area contributed by atoms with Crippen LogP contribution in [0.5, 0.6) is 0 Å². The lowest BCUT2D eigenvalue weighted by atomic mass is 9.99. The van der Waals surface area contributed by atoms with E-state index in [1.165, 1.54) is 0 Å². The highest BCUT2D eigenvalue weighted by Gasteiger charge is 2.32.